The van der Waals surface area contributed by atoms with E-state index in [1.165, 1.54) is 43.2 Å². The van der Waals surface area contributed by atoms with Crippen molar-refractivity contribution >= 4 is 0 Å². The van der Waals surface area contributed by atoms with Gasteiger partial charge in [0.05, 0.1) is 0 Å². The van der Waals surface area contributed by atoms with E-state index < -0.39 is 0 Å². The molecule has 0 bridgehead atoms. The van der Waals surface area contributed by atoms with Crippen LogP contribution in [-0.2, 0) is 5.41 Å². The van der Waals surface area contributed by atoms with E-state index in [0.717, 1.165) is 0 Å². The number of nitrogens with one attached hydrogen (secondary N) is 1. The second-order valence-corrected chi connectivity index (χ2v) is 6.53. The Labute approximate surface area is 119 Å². The first kappa shape index (κ1) is 16.2. The highest BCUT2D eigenvalue weighted by Gasteiger charge is 2.21. The second-order valence-electron chi connectivity index (χ2n) is 6.53. The van der Waals surface area contributed by atoms with Crippen LogP contribution in [0.15, 0.2) is 24.3 Å². The van der Waals surface area contributed by atoms with Gasteiger partial charge in [-0.1, -0.05) is 77.6 Å². The number of hydrogen-bond acceptors (Lipinski definition) is 1. The molecule has 1 aromatic carbocycles. The van der Waals surface area contributed by atoms with Gasteiger partial charge in [-0.2, -0.15) is 0 Å². The van der Waals surface area contributed by atoms with E-state index in [4.69, 9.17) is 0 Å². The monoisotopic (exact) mass is 261 g/mol. The molecule has 1 rings (SSSR count). The van der Waals surface area contributed by atoms with E-state index in [2.05, 4.69) is 64.3 Å². The van der Waals surface area contributed by atoms with Gasteiger partial charge in [0, 0.05) is 6.04 Å². The average Bonchev–Trinajstić information content (AvgIpc) is 2.38. The van der Waals surface area contributed by atoms with Crippen LogP contribution in [0, 0.1) is 0 Å². The SMILES string of the molecule is CCCCCCC(NC)c1ccccc1C(C)(C)C. The lowest BCUT2D eigenvalue weighted by atomic mass is 9.81. The molecule has 0 spiro atoms. The Morgan fingerprint density at radius 3 is 2.32 bits per heavy atom. The molecule has 0 aromatic heterocycles. The Balaban J connectivity index is 2.80. The zero-order chi connectivity index (χ0) is 14.3. The van der Waals surface area contributed by atoms with Gasteiger partial charge in [-0.15, -0.1) is 0 Å². The minimum absolute atomic E-state index is 0.217. The van der Waals surface area contributed by atoms with Crippen molar-refractivity contribution in [2.45, 2.75) is 71.3 Å². The van der Waals surface area contributed by atoms with Gasteiger partial charge >= 0.3 is 0 Å². The van der Waals surface area contributed by atoms with Gasteiger partial charge in [-0.3, -0.25) is 0 Å². The average molecular weight is 261 g/mol. The fourth-order valence-electron chi connectivity index (χ4n) is 2.71. The van der Waals surface area contributed by atoms with Crippen molar-refractivity contribution in [2.75, 3.05) is 7.05 Å². The molecule has 19 heavy (non-hydrogen) atoms. The van der Waals surface area contributed by atoms with E-state index in [0.29, 0.717) is 6.04 Å². The molecule has 1 heteroatoms. The fraction of sp³-hybridized carbons (Fsp3) is 0.667. The van der Waals surface area contributed by atoms with Crippen molar-refractivity contribution in [3.63, 3.8) is 0 Å². The predicted molar refractivity (Wildman–Crippen MR) is 85.7 cm³/mol. The van der Waals surface area contributed by atoms with Crippen LogP contribution in [0.1, 0.15) is 77.0 Å². The van der Waals surface area contributed by atoms with E-state index in [-0.39, 0.29) is 5.41 Å². The topological polar surface area (TPSA) is 12.0 Å². The van der Waals surface area contributed by atoms with Crippen molar-refractivity contribution in [1.82, 2.24) is 5.32 Å². The molecule has 0 aliphatic carbocycles. The van der Waals surface area contributed by atoms with Crippen LogP contribution in [0.5, 0.6) is 0 Å². The summed E-state index contributed by atoms with van der Waals surface area (Å²) in [6, 6.07) is 9.40. The summed E-state index contributed by atoms with van der Waals surface area (Å²) in [5.74, 6) is 0. The highest BCUT2D eigenvalue weighted by molar-refractivity contribution is 5.35. The molecule has 0 heterocycles. The van der Waals surface area contributed by atoms with Gasteiger partial charge in [0.25, 0.3) is 0 Å². The molecule has 1 nitrogen and oxygen atoms in total. The van der Waals surface area contributed by atoms with Crippen LogP contribution in [0.3, 0.4) is 0 Å². The maximum absolute atomic E-state index is 3.51. The smallest absolute Gasteiger partial charge is 0.0320 e. The summed E-state index contributed by atoms with van der Waals surface area (Å²) in [6.07, 6.45) is 6.58. The van der Waals surface area contributed by atoms with Crippen molar-refractivity contribution in [3.05, 3.63) is 35.4 Å². The molecule has 0 aliphatic heterocycles. The molecule has 1 unspecified atom stereocenters. The van der Waals surface area contributed by atoms with Crippen LogP contribution in [0.4, 0.5) is 0 Å². The molecular weight excluding hydrogens is 230 g/mol. The van der Waals surface area contributed by atoms with Crippen LogP contribution >= 0.6 is 0 Å². The van der Waals surface area contributed by atoms with Crippen molar-refractivity contribution in [1.29, 1.82) is 0 Å². The van der Waals surface area contributed by atoms with Crippen molar-refractivity contribution in [2.24, 2.45) is 0 Å². The van der Waals surface area contributed by atoms with Crippen LogP contribution in [0.25, 0.3) is 0 Å². The molecule has 1 atom stereocenters. The Bertz CT molecular complexity index is 362. The summed E-state index contributed by atoms with van der Waals surface area (Å²) in [7, 11) is 2.09. The van der Waals surface area contributed by atoms with E-state index in [9.17, 15) is 0 Å². The summed E-state index contributed by atoms with van der Waals surface area (Å²) in [5.41, 5.74) is 3.17. The summed E-state index contributed by atoms with van der Waals surface area (Å²) >= 11 is 0. The maximum Gasteiger partial charge on any atom is 0.0320 e. The third kappa shape index (κ3) is 4.99. The van der Waals surface area contributed by atoms with Gasteiger partial charge in [0.1, 0.15) is 0 Å². The van der Waals surface area contributed by atoms with E-state index in [1.54, 1.807) is 0 Å². The predicted octanol–water partition coefficient (Wildman–Crippen LogP) is 5.22. The minimum Gasteiger partial charge on any atom is -0.313 e. The normalized spacial score (nSPS) is 13.5. The lowest BCUT2D eigenvalue weighted by Gasteiger charge is -2.27. The van der Waals surface area contributed by atoms with E-state index in [1.807, 2.05) is 0 Å². The molecular formula is C18H31N. The molecule has 1 aromatic rings. The molecule has 0 radical (unpaired) electrons. The summed E-state index contributed by atoms with van der Waals surface area (Å²) in [5, 5.41) is 3.51. The zero-order valence-corrected chi connectivity index (χ0v) is 13.4. The van der Waals surface area contributed by atoms with Crippen molar-refractivity contribution in [3.8, 4) is 0 Å². The first-order valence-electron chi connectivity index (χ1n) is 7.77. The standard InChI is InChI=1S/C18H31N/c1-6-7-8-9-14-17(19-5)15-12-10-11-13-16(15)18(2,3)4/h10-13,17,19H,6-9,14H2,1-5H3. The number of hydrogen-bond donors (Lipinski definition) is 1. The second kappa shape index (κ2) is 7.69. The Hall–Kier alpha value is -0.820. The van der Waals surface area contributed by atoms with Gasteiger partial charge in [-0.05, 0) is 30.0 Å². The summed E-state index contributed by atoms with van der Waals surface area (Å²) in [6.45, 7) is 9.17. The Morgan fingerprint density at radius 2 is 1.74 bits per heavy atom. The summed E-state index contributed by atoms with van der Waals surface area (Å²) < 4.78 is 0. The highest BCUT2D eigenvalue weighted by Crippen LogP contribution is 2.31. The van der Waals surface area contributed by atoms with Crippen LogP contribution < -0.4 is 5.32 Å². The highest BCUT2D eigenvalue weighted by atomic mass is 14.9. The lowest BCUT2D eigenvalue weighted by molar-refractivity contribution is 0.488. The minimum atomic E-state index is 0.217. The number of unbranched alkanes of at least 4 members (excludes halogenated alkanes) is 3. The molecule has 0 saturated heterocycles. The van der Waals surface area contributed by atoms with Crippen molar-refractivity contribution < 1.29 is 0 Å². The van der Waals surface area contributed by atoms with Crippen LogP contribution in [0.2, 0.25) is 0 Å². The van der Waals surface area contributed by atoms with Crippen LogP contribution in [-0.4, -0.2) is 7.05 Å². The third-order valence-electron chi connectivity index (χ3n) is 3.84. The first-order valence-corrected chi connectivity index (χ1v) is 7.77. The van der Waals surface area contributed by atoms with Gasteiger partial charge < -0.3 is 5.32 Å². The molecule has 0 amide bonds. The Kier molecular flexibility index (Phi) is 6.57. The Morgan fingerprint density at radius 1 is 1.05 bits per heavy atom. The maximum atomic E-state index is 3.51. The number of rotatable bonds is 7. The molecule has 1 N–H and O–H groups in total. The quantitative estimate of drug-likeness (QED) is 0.664. The fourth-order valence-corrected chi connectivity index (χ4v) is 2.71. The zero-order valence-electron chi connectivity index (χ0n) is 13.4. The molecule has 0 fully saturated rings. The third-order valence-corrected chi connectivity index (χ3v) is 3.84. The van der Waals surface area contributed by atoms with E-state index >= 15 is 0 Å². The molecule has 108 valence electrons. The molecule has 0 saturated carbocycles. The largest absolute Gasteiger partial charge is 0.313 e. The van der Waals surface area contributed by atoms with Gasteiger partial charge in [-0.25, -0.2) is 0 Å². The van der Waals surface area contributed by atoms with Gasteiger partial charge in [0.2, 0.25) is 0 Å². The molecule has 0 aliphatic rings. The first-order chi connectivity index (χ1) is 9.00. The summed E-state index contributed by atoms with van der Waals surface area (Å²) in [4.78, 5) is 0. The number of benzene rings is 1. The lowest BCUT2D eigenvalue weighted by Crippen LogP contribution is -2.22. The van der Waals surface area contributed by atoms with Gasteiger partial charge in [0.15, 0.2) is 0 Å².